The number of likely N-dealkylation sites (tertiary alicyclic amines) is 1. The molecule has 1 aliphatic heterocycles. The Kier molecular flexibility index (Phi) is 5.22. The summed E-state index contributed by atoms with van der Waals surface area (Å²) in [7, 11) is 3.59. The van der Waals surface area contributed by atoms with Crippen molar-refractivity contribution in [3.8, 4) is 0 Å². The van der Waals surface area contributed by atoms with Crippen molar-refractivity contribution in [3.05, 3.63) is 0 Å². The van der Waals surface area contributed by atoms with Crippen LogP contribution in [0.2, 0.25) is 0 Å². The molecular formula is C12H24N2O2. The predicted octanol–water partition coefficient (Wildman–Crippen LogP) is 0.700. The summed E-state index contributed by atoms with van der Waals surface area (Å²) in [6, 6.07) is 0.310. The Morgan fingerprint density at radius 1 is 1.50 bits per heavy atom. The number of aliphatic hydroxyl groups is 1. The van der Waals surface area contributed by atoms with Crippen LogP contribution >= 0.6 is 0 Å². The molecule has 0 saturated carbocycles. The Morgan fingerprint density at radius 3 is 2.75 bits per heavy atom. The standard InChI is InChI=1S/C12H24N2O2/c1-10(12(16)13(2)3)14-8-5-4-6-11(14)7-9-15/h10-11,15H,4-9H2,1-3H3. The molecular weight excluding hydrogens is 204 g/mol. The second-order valence-corrected chi connectivity index (χ2v) is 4.81. The largest absolute Gasteiger partial charge is 0.396 e. The number of nitrogens with zero attached hydrogens (tertiary/aromatic N) is 2. The third kappa shape index (κ3) is 3.19. The predicted molar refractivity (Wildman–Crippen MR) is 64.2 cm³/mol. The number of rotatable bonds is 4. The Labute approximate surface area is 98.2 Å². The first-order valence-corrected chi connectivity index (χ1v) is 6.15. The maximum atomic E-state index is 11.9. The summed E-state index contributed by atoms with van der Waals surface area (Å²) in [5.74, 6) is 0.157. The van der Waals surface area contributed by atoms with Crippen molar-refractivity contribution in [2.24, 2.45) is 0 Å². The van der Waals surface area contributed by atoms with Gasteiger partial charge in [-0.1, -0.05) is 6.42 Å². The fourth-order valence-corrected chi connectivity index (χ4v) is 2.51. The lowest BCUT2D eigenvalue weighted by atomic mass is 9.97. The van der Waals surface area contributed by atoms with Crippen molar-refractivity contribution in [1.82, 2.24) is 9.80 Å². The van der Waals surface area contributed by atoms with Crippen LogP contribution in [0.5, 0.6) is 0 Å². The molecule has 1 amide bonds. The van der Waals surface area contributed by atoms with Gasteiger partial charge in [-0.05, 0) is 32.7 Å². The maximum Gasteiger partial charge on any atom is 0.239 e. The van der Waals surface area contributed by atoms with Crippen LogP contribution in [0.4, 0.5) is 0 Å². The van der Waals surface area contributed by atoms with E-state index in [1.165, 1.54) is 6.42 Å². The molecule has 0 aromatic carbocycles. The molecule has 1 heterocycles. The van der Waals surface area contributed by atoms with E-state index in [0.717, 1.165) is 25.8 Å². The van der Waals surface area contributed by atoms with Gasteiger partial charge >= 0.3 is 0 Å². The summed E-state index contributed by atoms with van der Waals surface area (Å²) in [4.78, 5) is 15.8. The molecule has 1 N–H and O–H groups in total. The first-order chi connectivity index (χ1) is 7.57. The first-order valence-electron chi connectivity index (χ1n) is 6.15. The molecule has 1 saturated heterocycles. The molecule has 0 radical (unpaired) electrons. The minimum absolute atomic E-state index is 0.0631. The van der Waals surface area contributed by atoms with Crippen LogP contribution in [0.3, 0.4) is 0 Å². The first kappa shape index (κ1) is 13.5. The van der Waals surface area contributed by atoms with E-state index in [-0.39, 0.29) is 18.6 Å². The van der Waals surface area contributed by atoms with E-state index >= 15 is 0 Å². The molecule has 1 rings (SSSR count). The highest BCUT2D eigenvalue weighted by molar-refractivity contribution is 5.81. The summed E-state index contributed by atoms with van der Waals surface area (Å²) in [6.07, 6.45) is 4.26. The van der Waals surface area contributed by atoms with E-state index in [4.69, 9.17) is 5.11 Å². The third-order valence-electron chi connectivity index (χ3n) is 3.43. The molecule has 1 aliphatic rings. The molecule has 2 atom stereocenters. The summed E-state index contributed by atoms with van der Waals surface area (Å²) >= 11 is 0. The summed E-state index contributed by atoms with van der Waals surface area (Å²) in [5, 5.41) is 9.04. The molecule has 0 aromatic heterocycles. The van der Waals surface area contributed by atoms with Gasteiger partial charge in [-0.25, -0.2) is 0 Å². The van der Waals surface area contributed by atoms with E-state index in [2.05, 4.69) is 4.90 Å². The lowest BCUT2D eigenvalue weighted by molar-refractivity contribution is -0.135. The Bertz CT molecular complexity index is 229. The molecule has 0 spiro atoms. The molecule has 4 nitrogen and oxygen atoms in total. The maximum absolute atomic E-state index is 11.9. The van der Waals surface area contributed by atoms with Gasteiger partial charge in [-0.15, -0.1) is 0 Å². The van der Waals surface area contributed by atoms with Crippen LogP contribution in [-0.2, 0) is 4.79 Å². The monoisotopic (exact) mass is 228 g/mol. The van der Waals surface area contributed by atoms with Crippen molar-refractivity contribution in [2.75, 3.05) is 27.2 Å². The van der Waals surface area contributed by atoms with Crippen molar-refractivity contribution < 1.29 is 9.90 Å². The van der Waals surface area contributed by atoms with Crippen LogP contribution in [0.1, 0.15) is 32.6 Å². The third-order valence-corrected chi connectivity index (χ3v) is 3.43. The van der Waals surface area contributed by atoms with Gasteiger partial charge in [0, 0.05) is 26.7 Å². The van der Waals surface area contributed by atoms with Gasteiger partial charge in [-0.2, -0.15) is 0 Å². The molecule has 0 aliphatic carbocycles. The smallest absolute Gasteiger partial charge is 0.239 e. The summed E-state index contributed by atoms with van der Waals surface area (Å²) in [6.45, 7) is 3.16. The highest BCUT2D eigenvalue weighted by Gasteiger charge is 2.30. The fourth-order valence-electron chi connectivity index (χ4n) is 2.51. The minimum atomic E-state index is -0.0631. The lowest BCUT2D eigenvalue weighted by Crippen LogP contribution is -2.51. The van der Waals surface area contributed by atoms with Crippen LogP contribution in [-0.4, -0.2) is 60.1 Å². The van der Waals surface area contributed by atoms with Crippen LogP contribution in [0, 0.1) is 0 Å². The van der Waals surface area contributed by atoms with Gasteiger partial charge < -0.3 is 10.0 Å². The van der Waals surface area contributed by atoms with Gasteiger partial charge in [0.1, 0.15) is 0 Å². The number of carbonyl (C=O) groups excluding carboxylic acids is 1. The highest BCUT2D eigenvalue weighted by atomic mass is 16.3. The zero-order valence-electron chi connectivity index (χ0n) is 10.6. The average Bonchev–Trinajstić information content (AvgIpc) is 2.28. The quantitative estimate of drug-likeness (QED) is 0.770. The van der Waals surface area contributed by atoms with Gasteiger partial charge in [0.05, 0.1) is 6.04 Å². The van der Waals surface area contributed by atoms with E-state index < -0.39 is 0 Å². The topological polar surface area (TPSA) is 43.8 Å². The molecule has 16 heavy (non-hydrogen) atoms. The van der Waals surface area contributed by atoms with Crippen LogP contribution in [0.15, 0.2) is 0 Å². The number of hydrogen-bond donors (Lipinski definition) is 1. The number of piperidine rings is 1. The molecule has 4 heteroatoms. The lowest BCUT2D eigenvalue weighted by Gasteiger charge is -2.39. The molecule has 0 bridgehead atoms. The van der Waals surface area contributed by atoms with Gasteiger partial charge in [-0.3, -0.25) is 9.69 Å². The van der Waals surface area contributed by atoms with Crippen molar-refractivity contribution in [3.63, 3.8) is 0 Å². The Balaban J connectivity index is 2.63. The number of aliphatic hydroxyl groups excluding tert-OH is 1. The Hall–Kier alpha value is -0.610. The fraction of sp³-hybridized carbons (Fsp3) is 0.917. The Morgan fingerprint density at radius 2 is 2.19 bits per heavy atom. The molecule has 94 valence electrons. The SMILES string of the molecule is CC(C(=O)N(C)C)N1CCCCC1CCO. The average molecular weight is 228 g/mol. The number of carbonyl (C=O) groups is 1. The van der Waals surface area contributed by atoms with Crippen LogP contribution in [0.25, 0.3) is 0 Å². The second kappa shape index (κ2) is 6.21. The van der Waals surface area contributed by atoms with Crippen molar-refractivity contribution >= 4 is 5.91 Å². The molecule has 1 fully saturated rings. The van der Waals surface area contributed by atoms with E-state index in [1.54, 1.807) is 19.0 Å². The zero-order valence-corrected chi connectivity index (χ0v) is 10.6. The van der Waals surface area contributed by atoms with Gasteiger partial charge in [0.15, 0.2) is 0 Å². The zero-order chi connectivity index (χ0) is 12.1. The van der Waals surface area contributed by atoms with E-state index in [0.29, 0.717) is 6.04 Å². The normalized spacial score (nSPS) is 24.1. The number of amides is 1. The van der Waals surface area contributed by atoms with E-state index in [9.17, 15) is 4.79 Å². The van der Waals surface area contributed by atoms with Gasteiger partial charge in [0.25, 0.3) is 0 Å². The van der Waals surface area contributed by atoms with Crippen molar-refractivity contribution in [1.29, 1.82) is 0 Å². The number of likely N-dealkylation sites (N-methyl/N-ethyl adjacent to an activating group) is 1. The van der Waals surface area contributed by atoms with Crippen molar-refractivity contribution in [2.45, 2.75) is 44.7 Å². The van der Waals surface area contributed by atoms with Gasteiger partial charge in [0.2, 0.25) is 5.91 Å². The second-order valence-electron chi connectivity index (χ2n) is 4.81. The summed E-state index contributed by atoms with van der Waals surface area (Å²) < 4.78 is 0. The van der Waals surface area contributed by atoms with E-state index in [1.807, 2.05) is 6.92 Å². The minimum Gasteiger partial charge on any atom is -0.396 e. The molecule has 0 aromatic rings. The summed E-state index contributed by atoms with van der Waals surface area (Å²) in [5.41, 5.74) is 0. The molecule has 2 unspecified atom stereocenters. The number of hydrogen-bond acceptors (Lipinski definition) is 3. The van der Waals surface area contributed by atoms with Crippen LogP contribution < -0.4 is 0 Å². The highest BCUT2D eigenvalue weighted by Crippen LogP contribution is 2.22.